The van der Waals surface area contributed by atoms with Crippen molar-refractivity contribution in [2.75, 3.05) is 6.61 Å². The van der Waals surface area contributed by atoms with Gasteiger partial charge in [-0.15, -0.1) is 0 Å². The van der Waals surface area contributed by atoms with Gasteiger partial charge in [-0.1, -0.05) is 23.2 Å². The maximum atomic E-state index is 11.3. The Bertz CT molecular complexity index is 344. The minimum Gasteiger partial charge on any atom is -0.274 e. The lowest BCUT2D eigenvalue weighted by Crippen LogP contribution is -2.24. The molecule has 1 rings (SSSR count). The van der Waals surface area contributed by atoms with Crippen molar-refractivity contribution in [1.82, 2.24) is 10.5 Å². The number of hydrogen-bond donors (Lipinski definition) is 1. The van der Waals surface area contributed by atoms with Crippen molar-refractivity contribution in [2.24, 2.45) is 0 Å². The molecule has 1 aromatic heterocycles. The van der Waals surface area contributed by atoms with Gasteiger partial charge in [0.15, 0.2) is 0 Å². The molecule has 14 heavy (non-hydrogen) atoms. The molecule has 1 heterocycles. The van der Waals surface area contributed by atoms with Gasteiger partial charge in [-0.2, -0.15) is 0 Å². The average Bonchev–Trinajstić information content (AvgIpc) is 2.14. The quantitative estimate of drug-likeness (QED) is 0.644. The lowest BCUT2D eigenvalue weighted by Gasteiger charge is -2.04. The maximum absolute atomic E-state index is 11.3. The SMILES string of the molecule is CCONC(=O)c1ccc(Cl)nc1Cl. The molecule has 0 bridgehead atoms. The molecular formula is C8H8Cl2N2O2. The predicted molar refractivity (Wildman–Crippen MR) is 53.3 cm³/mol. The summed E-state index contributed by atoms with van der Waals surface area (Å²) >= 11 is 11.3. The number of hydrogen-bond acceptors (Lipinski definition) is 3. The highest BCUT2D eigenvalue weighted by molar-refractivity contribution is 6.34. The van der Waals surface area contributed by atoms with Crippen LogP contribution < -0.4 is 5.48 Å². The summed E-state index contributed by atoms with van der Waals surface area (Å²) in [6.07, 6.45) is 0. The highest BCUT2D eigenvalue weighted by Crippen LogP contribution is 2.16. The molecule has 0 aliphatic carbocycles. The number of nitrogens with zero attached hydrogens (tertiary/aromatic N) is 1. The number of rotatable bonds is 3. The van der Waals surface area contributed by atoms with Gasteiger partial charge in [-0.3, -0.25) is 9.63 Å². The summed E-state index contributed by atoms with van der Waals surface area (Å²) in [5, 5.41) is 0.290. The van der Waals surface area contributed by atoms with E-state index < -0.39 is 5.91 Å². The van der Waals surface area contributed by atoms with Crippen molar-refractivity contribution in [1.29, 1.82) is 0 Å². The zero-order valence-electron chi connectivity index (χ0n) is 7.38. The van der Waals surface area contributed by atoms with Crippen molar-refractivity contribution in [3.05, 3.63) is 28.0 Å². The third kappa shape index (κ3) is 2.83. The molecule has 0 fully saturated rings. The van der Waals surface area contributed by atoms with Crippen LogP contribution in [-0.4, -0.2) is 17.5 Å². The number of carbonyl (C=O) groups excluding carboxylic acids is 1. The van der Waals surface area contributed by atoms with E-state index in [2.05, 4.69) is 10.5 Å². The molecule has 0 saturated carbocycles. The molecule has 1 aromatic rings. The van der Waals surface area contributed by atoms with Crippen LogP contribution in [0.25, 0.3) is 0 Å². The molecule has 0 saturated heterocycles. The minimum absolute atomic E-state index is 0.0507. The Labute approximate surface area is 91.1 Å². The number of aromatic nitrogens is 1. The van der Waals surface area contributed by atoms with E-state index in [1.807, 2.05) is 0 Å². The Kier molecular flexibility index (Phi) is 4.13. The number of carbonyl (C=O) groups is 1. The summed E-state index contributed by atoms with van der Waals surface area (Å²) in [5.74, 6) is -0.444. The van der Waals surface area contributed by atoms with Crippen molar-refractivity contribution in [2.45, 2.75) is 6.92 Å². The fraction of sp³-hybridized carbons (Fsp3) is 0.250. The summed E-state index contributed by atoms with van der Waals surface area (Å²) in [5.41, 5.74) is 2.43. The first-order valence-electron chi connectivity index (χ1n) is 3.89. The van der Waals surface area contributed by atoms with E-state index in [0.29, 0.717) is 6.61 Å². The van der Waals surface area contributed by atoms with E-state index in [1.165, 1.54) is 12.1 Å². The molecule has 0 radical (unpaired) electrons. The van der Waals surface area contributed by atoms with Gasteiger partial charge in [-0.25, -0.2) is 10.5 Å². The van der Waals surface area contributed by atoms with E-state index in [4.69, 9.17) is 28.0 Å². The second kappa shape index (κ2) is 5.14. The predicted octanol–water partition coefficient (Wildman–Crippen LogP) is 2.07. The van der Waals surface area contributed by atoms with Crippen LogP contribution in [0.15, 0.2) is 12.1 Å². The molecule has 6 heteroatoms. The standard InChI is InChI=1S/C8H8Cl2N2O2/c1-2-14-12-8(13)5-3-4-6(9)11-7(5)10/h3-4H,2H2,1H3,(H,12,13). The van der Waals surface area contributed by atoms with Gasteiger partial charge in [0, 0.05) is 0 Å². The van der Waals surface area contributed by atoms with Crippen molar-refractivity contribution < 1.29 is 9.63 Å². The number of hydroxylamine groups is 1. The summed E-state index contributed by atoms with van der Waals surface area (Å²) in [7, 11) is 0. The number of nitrogens with one attached hydrogen (secondary N) is 1. The molecule has 0 atom stereocenters. The van der Waals surface area contributed by atoms with Crippen LogP contribution in [0.4, 0.5) is 0 Å². The summed E-state index contributed by atoms with van der Waals surface area (Å²) in [6, 6.07) is 2.96. The summed E-state index contributed by atoms with van der Waals surface area (Å²) < 4.78 is 0. The Morgan fingerprint density at radius 3 is 2.86 bits per heavy atom. The van der Waals surface area contributed by atoms with Crippen LogP contribution in [0.1, 0.15) is 17.3 Å². The summed E-state index contributed by atoms with van der Waals surface area (Å²) in [6.45, 7) is 2.13. The molecule has 0 aliphatic rings. The Morgan fingerprint density at radius 2 is 2.29 bits per heavy atom. The number of amides is 1. The van der Waals surface area contributed by atoms with Crippen LogP contribution in [0.2, 0.25) is 10.3 Å². The largest absolute Gasteiger partial charge is 0.277 e. The number of pyridine rings is 1. The van der Waals surface area contributed by atoms with Gasteiger partial charge in [0.1, 0.15) is 10.3 Å². The fourth-order valence-electron chi connectivity index (χ4n) is 0.774. The highest BCUT2D eigenvalue weighted by Gasteiger charge is 2.11. The molecule has 76 valence electrons. The van der Waals surface area contributed by atoms with E-state index >= 15 is 0 Å². The van der Waals surface area contributed by atoms with Gasteiger partial charge >= 0.3 is 0 Å². The molecule has 1 N–H and O–H groups in total. The van der Waals surface area contributed by atoms with Crippen molar-refractivity contribution in [3.63, 3.8) is 0 Å². The zero-order valence-corrected chi connectivity index (χ0v) is 8.89. The van der Waals surface area contributed by atoms with Gasteiger partial charge in [-0.05, 0) is 19.1 Å². The average molecular weight is 235 g/mol. The normalized spacial score (nSPS) is 9.93. The molecule has 0 unspecified atom stereocenters. The molecule has 1 amide bonds. The molecule has 0 spiro atoms. The lowest BCUT2D eigenvalue weighted by molar-refractivity contribution is 0.0364. The summed E-state index contributed by atoms with van der Waals surface area (Å²) in [4.78, 5) is 19.8. The fourth-order valence-corrected chi connectivity index (χ4v) is 1.20. The minimum atomic E-state index is -0.444. The van der Waals surface area contributed by atoms with E-state index in [-0.39, 0.29) is 15.9 Å². The highest BCUT2D eigenvalue weighted by atomic mass is 35.5. The third-order valence-corrected chi connectivity index (χ3v) is 1.87. The number of halogens is 2. The molecule has 4 nitrogen and oxygen atoms in total. The zero-order chi connectivity index (χ0) is 10.6. The topological polar surface area (TPSA) is 51.2 Å². The van der Waals surface area contributed by atoms with Crippen LogP contribution in [-0.2, 0) is 4.84 Å². The first-order chi connectivity index (χ1) is 6.65. The maximum Gasteiger partial charge on any atom is 0.277 e. The van der Waals surface area contributed by atoms with Crippen LogP contribution >= 0.6 is 23.2 Å². The van der Waals surface area contributed by atoms with E-state index in [1.54, 1.807) is 6.92 Å². The van der Waals surface area contributed by atoms with Crippen molar-refractivity contribution >= 4 is 29.1 Å². The van der Waals surface area contributed by atoms with Crippen molar-refractivity contribution in [3.8, 4) is 0 Å². The third-order valence-electron chi connectivity index (χ3n) is 1.37. The Morgan fingerprint density at radius 1 is 1.57 bits per heavy atom. The van der Waals surface area contributed by atoms with Gasteiger partial charge in [0.05, 0.1) is 12.2 Å². The van der Waals surface area contributed by atoms with E-state index in [0.717, 1.165) is 0 Å². The Balaban J connectivity index is 2.80. The van der Waals surface area contributed by atoms with Gasteiger partial charge in [0.2, 0.25) is 0 Å². The lowest BCUT2D eigenvalue weighted by atomic mass is 10.3. The van der Waals surface area contributed by atoms with Crippen LogP contribution in [0.5, 0.6) is 0 Å². The Hall–Kier alpha value is -0.840. The van der Waals surface area contributed by atoms with E-state index in [9.17, 15) is 4.79 Å². The smallest absolute Gasteiger partial charge is 0.274 e. The first-order valence-corrected chi connectivity index (χ1v) is 4.65. The second-order valence-electron chi connectivity index (χ2n) is 2.34. The molecule has 0 aromatic carbocycles. The molecular weight excluding hydrogens is 227 g/mol. The molecule has 0 aliphatic heterocycles. The monoisotopic (exact) mass is 234 g/mol. The van der Waals surface area contributed by atoms with Crippen LogP contribution in [0, 0.1) is 0 Å². The van der Waals surface area contributed by atoms with Crippen LogP contribution in [0.3, 0.4) is 0 Å². The second-order valence-corrected chi connectivity index (χ2v) is 3.08. The van der Waals surface area contributed by atoms with Gasteiger partial charge < -0.3 is 0 Å². The van der Waals surface area contributed by atoms with Gasteiger partial charge in [0.25, 0.3) is 5.91 Å². The first kappa shape index (κ1) is 11.2.